The average molecular weight is 308 g/mol. The van der Waals surface area contributed by atoms with E-state index in [1.807, 2.05) is 13.2 Å². The van der Waals surface area contributed by atoms with Gasteiger partial charge in [0.25, 0.3) is 0 Å². The Balaban J connectivity index is 1.78. The lowest BCUT2D eigenvalue weighted by atomic mass is 10.0. The standard InChI is InChI=1S/C17H28N2OS/c1-17(20,14-21-2)13-18-16-9-6-10-19(12-16)11-15-7-4-3-5-8-15/h3-5,7-8,16,18,20H,6,9-14H2,1-2H3/t16-,17+/m1/s1. The van der Waals surface area contributed by atoms with Crippen LogP contribution in [0.2, 0.25) is 0 Å². The Morgan fingerprint density at radius 3 is 2.86 bits per heavy atom. The Hall–Kier alpha value is -0.550. The lowest BCUT2D eigenvalue weighted by Crippen LogP contribution is -2.50. The number of hydrogen-bond acceptors (Lipinski definition) is 4. The molecule has 0 radical (unpaired) electrons. The maximum absolute atomic E-state index is 10.2. The van der Waals surface area contributed by atoms with E-state index in [9.17, 15) is 5.11 Å². The summed E-state index contributed by atoms with van der Waals surface area (Å²) in [6, 6.07) is 11.2. The molecule has 0 bridgehead atoms. The van der Waals surface area contributed by atoms with Crippen molar-refractivity contribution in [1.82, 2.24) is 10.2 Å². The Morgan fingerprint density at radius 2 is 2.14 bits per heavy atom. The first kappa shape index (κ1) is 16.8. The van der Waals surface area contributed by atoms with Gasteiger partial charge in [-0.15, -0.1) is 0 Å². The molecule has 118 valence electrons. The van der Waals surface area contributed by atoms with Crippen molar-refractivity contribution in [3.8, 4) is 0 Å². The molecule has 1 saturated heterocycles. The number of nitrogens with zero attached hydrogens (tertiary/aromatic N) is 1. The Labute approximate surface area is 133 Å². The SMILES string of the molecule is CSC[C@@](C)(O)CN[C@@H]1CCCN(Cc2ccccc2)C1. The Morgan fingerprint density at radius 1 is 1.38 bits per heavy atom. The summed E-state index contributed by atoms with van der Waals surface area (Å²) in [5.74, 6) is 0.778. The fraction of sp³-hybridized carbons (Fsp3) is 0.647. The average Bonchev–Trinajstić information content (AvgIpc) is 2.47. The highest BCUT2D eigenvalue weighted by atomic mass is 32.2. The summed E-state index contributed by atoms with van der Waals surface area (Å²) < 4.78 is 0. The molecule has 0 saturated carbocycles. The normalized spacial score (nSPS) is 22.9. The fourth-order valence-electron chi connectivity index (χ4n) is 2.93. The van der Waals surface area contributed by atoms with Crippen molar-refractivity contribution in [2.45, 2.75) is 38.0 Å². The number of piperidine rings is 1. The van der Waals surface area contributed by atoms with E-state index >= 15 is 0 Å². The van der Waals surface area contributed by atoms with E-state index in [0.29, 0.717) is 12.6 Å². The van der Waals surface area contributed by atoms with Crippen LogP contribution in [-0.2, 0) is 6.54 Å². The third-order valence-electron chi connectivity index (χ3n) is 3.98. The quantitative estimate of drug-likeness (QED) is 0.810. The zero-order valence-electron chi connectivity index (χ0n) is 13.2. The zero-order valence-corrected chi connectivity index (χ0v) is 14.0. The predicted molar refractivity (Wildman–Crippen MR) is 91.7 cm³/mol. The molecule has 0 amide bonds. The van der Waals surface area contributed by atoms with Gasteiger partial charge in [0.15, 0.2) is 0 Å². The number of thioether (sulfide) groups is 1. The highest BCUT2D eigenvalue weighted by Crippen LogP contribution is 2.15. The molecule has 1 heterocycles. The van der Waals surface area contributed by atoms with Crippen LogP contribution in [0.1, 0.15) is 25.3 Å². The van der Waals surface area contributed by atoms with Crippen molar-refractivity contribution >= 4 is 11.8 Å². The predicted octanol–water partition coefficient (Wildman–Crippen LogP) is 2.35. The minimum atomic E-state index is -0.610. The second-order valence-corrected chi connectivity index (χ2v) is 7.24. The lowest BCUT2D eigenvalue weighted by molar-refractivity contribution is 0.0746. The van der Waals surface area contributed by atoms with Crippen molar-refractivity contribution in [2.24, 2.45) is 0 Å². The van der Waals surface area contributed by atoms with Crippen molar-refractivity contribution in [3.63, 3.8) is 0 Å². The fourth-order valence-corrected chi connectivity index (χ4v) is 3.66. The molecule has 0 aliphatic carbocycles. The van der Waals surface area contributed by atoms with Gasteiger partial charge in [-0.05, 0) is 38.1 Å². The van der Waals surface area contributed by atoms with Crippen LogP contribution in [-0.4, -0.2) is 53.3 Å². The first-order valence-corrected chi connectivity index (χ1v) is 9.19. The van der Waals surface area contributed by atoms with E-state index < -0.39 is 5.60 Å². The van der Waals surface area contributed by atoms with Crippen LogP contribution in [0.25, 0.3) is 0 Å². The largest absolute Gasteiger partial charge is 0.388 e. The molecule has 1 fully saturated rings. The molecule has 2 atom stereocenters. The van der Waals surface area contributed by atoms with Gasteiger partial charge in [0.05, 0.1) is 5.60 Å². The lowest BCUT2D eigenvalue weighted by Gasteiger charge is -2.35. The van der Waals surface area contributed by atoms with Gasteiger partial charge in [-0.25, -0.2) is 0 Å². The van der Waals surface area contributed by atoms with Gasteiger partial charge in [-0.2, -0.15) is 11.8 Å². The van der Waals surface area contributed by atoms with Crippen LogP contribution in [0.15, 0.2) is 30.3 Å². The molecule has 2 rings (SSSR count). The van der Waals surface area contributed by atoms with E-state index in [4.69, 9.17) is 0 Å². The third kappa shape index (κ3) is 5.99. The molecular weight excluding hydrogens is 280 g/mol. The summed E-state index contributed by atoms with van der Waals surface area (Å²) in [5, 5.41) is 13.8. The van der Waals surface area contributed by atoms with Gasteiger partial charge in [-0.3, -0.25) is 4.90 Å². The topological polar surface area (TPSA) is 35.5 Å². The van der Waals surface area contributed by atoms with Crippen molar-refractivity contribution in [2.75, 3.05) is 31.6 Å². The number of rotatable bonds is 7. The summed E-state index contributed by atoms with van der Waals surface area (Å²) in [7, 11) is 0. The van der Waals surface area contributed by atoms with E-state index in [1.165, 1.54) is 24.9 Å². The van der Waals surface area contributed by atoms with Crippen LogP contribution >= 0.6 is 11.8 Å². The number of nitrogens with one attached hydrogen (secondary N) is 1. The molecule has 21 heavy (non-hydrogen) atoms. The maximum atomic E-state index is 10.2. The van der Waals surface area contributed by atoms with Crippen LogP contribution in [0.4, 0.5) is 0 Å². The Kier molecular flexibility index (Phi) is 6.55. The van der Waals surface area contributed by atoms with Gasteiger partial charge in [0, 0.05) is 31.4 Å². The van der Waals surface area contributed by atoms with Gasteiger partial charge in [0.2, 0.25) is 0 Å². The van der Waals surface area contributed by atoms with Crippen LogP contribution < -0.4 is 5.32 Å². The van der Waals surface area contributed by atoms with Crippen LogP contribution in [0, 0.1) is 0 Å². The van der Waals surface area contributed by atoms with Gasteiger partial charge in [-0.1, -0.05) is 30.3 Å². The number of aliphatic hydroxyl groups is 1. The van der Waals surface area contributed by atoms with Gasteiger partial charge >= 0.3 is 0 Å². The molecule has 4 heteroatoms. The molecule has 1 aliphatic heterocycles. The minimum Gasteiger partial charge on any atom is -0.388 e. The molecule has 0 unspecified atom stereocenters. The number of benzene rings is 1. The highest BCUT2D eigenvalue weighted by Gasteiger charge is 2.24. The van der Waals surface area contributed by atoms with Crippen molar-refractivity contribution in [1.29, 1.82) is 0 Å². The van der Waals surface area contributed by atoms with E-state index in [-0.39, 0.29) is 0 Å². The first-order chi connectivity index (χ1) is 10.1. The molecule has 0 spiro atoms. The second-order valence-electron chi connectivity index (χ2n) is 6.37. The third-order valence-corrected chi connectivity index (χ3v) is 4.89. The molecule has 1 aliphatic rings. The molecule has 1 aromatic carbocycles. The Bertz CT molecular complexity index is 411. The molecule has 2 N–H and O–H groups in total. The minimum absolute atomic E-state index is 0.496. The number of likely N-dealkylation sites (tertiary alicyclic amines) is 1. The highest BCUT2D eigenvalue weighted by molar-refractivity contribution is 7.98. The van der Waals surface area contributed by atoms with Crippen LogP contribution in [0.3, 0.4) is 0 Å². The molecule has 3 nitrogen and oxygen atoms in total. The van der Waals surface area contributed by atoms with E-state index in [0.717, 1.165) is 18.8 Å². The summed E-state index contributed by atoms with van der Waals surface area (Å²) in [5.41, 5.74) is 0.772. The van der Waals surface area contributed by atoms with Crippen molar-refractivity contribution in [3.05, 3.63) is 35.9 Å². The zero-order chi connectivity index (χ0) is 15.1. The smallest absolute Gasteiger partial charge is 0.0833 e. The van der Waals surface area contributed by atoms with Gasteiger partial charge < -0.3 is 10.4 Å². The summed E-state index contributed by atoms with van der Waals surface area (Å²) in [4.78, 5) is 2.51. The molecule has 1 aromatic rings. The molecular formula is C17H28N2OS. The van der Waals surface area contributed by atoms with E-state index in [1.54, 1.807) is 11.8 Å². The van der Waals surface area contributed by atoms with Crippen molar-refractivity contribution < 1.29 is 5.11 Å². The summed E-state index contributed by atoms with van der Waals surface area (Å²) >= 11 is 1.70. The second kappa shape index (κ2) is 8.18. The monoisotopic (exact) mass is 308 g/mol. The van der Waals surface area contributed by atoms with Gasteiger partial charge in [0.1, 0.15) is 0 Å². The van der Waals surface area contributed by atoms with E-state index in [2.05, 4.69) is 40.5 Å². The molecule has 0 aromatic heterocycles. The number of hydrogen-bond donors (Lipinski definition) is 2. The summed E-state index contributed by atoms with van der Waals surface area (Å²) in [6.45, 7) is 5.87. The first-order valence-electron chi connectivity index (χ1n) is 7.80. The maximum Gasteiger partial charge on any atom is 0.0833 e. The summed E-state index contributed by atoms with van der Waals surface area (Å²) in [6.07, 6.45) is 4.48. The van der Waals surface area contributed by atoms with Crippen LogP contribution in [0.5, 0.6) is 0 Å².